The summed E-state index contributed by atoms with van der Waals surface area (Å²) in [6, 6.07) is 23.5. The van der Waals surface area contributed by atoms with E-state index in [4.69, 9.17) is 42.1 Å². The number of hydrogen-bond acceptors (Lipinski definition) is 7. The standard InChI is InChI=1S/C37H42Cl2N4O5/c1-36(2,3)48-35(44)41-18-21-42(19-7-10-28-8-5-4-6-9-28)23-29-11-14-31(15-12-29)45-24-32-25-46-37(47-32,26-43-20-17-40-27-43)33-16-13-30(38)22-34(33)39/h4-17,20,22,27,32H,18-19,21,23-26H2,1-3H3,(H,41,44)/b10-7+/t32-,37-/m1/s1. The van der Waals surface area contributed by atoms with Crippen LogP contribution in [0.1, 0.15) is 37.5 Å². The first-order valence-corrected chi connectivity index (χ1v) is 16.7. The van der Waals surface area contributed by atoms with Gasteiger partial charge in [-0.3, -0.25) is 4.90 Å². The molecule has 0 unspecified atom stereocenters. The molecule has 1 aromatic heterocycles. The van der Waals surface area contributed by atoms with E-state index in [0.29, 0.717) is 61.5 Å². The number of hydrogen-bond donors (Lipinski definition) is 1. The lowest BCUT2D eigenvalue weighted by Crippen LogP contribution is -2.38. The zero-order valence-electron chi connectivity index (χ0n) is 27.5. The van der Waals surface area contributed by atoms with Crippen LogP contribution in [0.5, 0.6) is 5.75 Å². The molecule has 9 nitrogen and oxygen atoms in total. The lowest BCUT2D eigenvalue weighted by Gasteiger charge is -2.30. The number of benzene rings is 3. The predicted octanol–water partition coefficient (Wildman–Crippen LogP) is 7.58. The van der Waals surface area contributed by atoms with Gasteiger partial charge < -0.3 is 28.8 Å². The number of carbonyl (C=O) groups is 1. The van der Waals surface area contributed by atoms with Crippen molar-refractivity contribution < 1.29 is 23.7 Å². The highest BCUT2D eigenvalue weighted by Gasteiger charge is 2.45. The van der Waals surface area contributed by atoms with E-state index < -0.39 is 17.5 Å². The summed E-state index contributed by atoms with van der Waals surface area (Å²) in [4.78, 5) is 18.6. The van der Waals surface area contributed by atoms with Gasteiger partial charge in [0.05, 0.1) is 24.5 Å². The van der Waals surface area contributed by atoms with Crippen LogP contribution in [0.2, 0.25) is 10.0 Å². The van der Waals surface area contributed by atoms with Crippen LogP contribution in [0.4, 0.5) is 4.79 Å². The molecule has 48 heavy (non-hydrogen) atoms. The molecule has 0 saturated carbocycles. The van der Waals surface area contributed by atoms with Gasteiger partial charge in [0.1, 0.15) is 24.1 Å². The highest BCUT2D eigenvalue weighted by molar-refractivity contribution is 6.35. The quantitative estimate of drug-likeness (QED) is 0.146. The van der Waals surface area contributed by atoms with E-state index in [1.54, 1.807) is 24.7 Å². The Balaban J connectivity index is 1.18. The summed E-state index contributed by atoms with van der Waals surface area (Å²) in [5.74, 6) is -0.391. The smallest absolute Gasteiger partial charge is 0.407 e. The van der Waals surface area contributed by atoms with E-state index in [9.17, 15) is 4.79 Å². The summed E-state index contributed by atoms with van der Waals surface area (Å²) < 4.78 is 26.2. The molecule has 1 saturated heterocycles. The number of alkyl carbamates (subject to hydrolysis) is 1. The monoisotopic (exact) mass is 692 g/mol. The Labute approximate surface area is 292 Å². The van der Waals surface area contributed by atoms with Crippen molar-refractivity contribution in [2.45, 2.75) is 51.4 Å². The van der Waals surface area contributed by atoms with Gasteiger partial charge in [-0.2, -0.15) is 0 Å². The van der Waals surface area contributed by atoms with Crippen molar-refractivity contribution >= 4 is 35.4 Å². The van der Waals surface area contributed by atoms with Gasteiger partial charge in [0.25, 0.3) is 0 Å². The molecule has 5 rings (SSSR count). The maximum atomic E-state index is 12.2. The maximum Gasteiger partial charge on any atom is 0.407 e. The number of halogens is 2. The summed E-state index contributed by atoms with van der Waals surface area (Å²) in [7, 11) is 0. The molecular formula is C37H42Cl2N4O5. The van der Waals surface area contributed by atoms with Gasteiger partial charge in [0, 0.05) is 49.2 Å². The highest BCUT2D eigenvalue weighted by atomic mass is 35.5. The van der Waals surface area contributed by atoms with E-state index in [0.717, 1.165) is 16.9 Å². The van der Waals surface area contributed by atoms with Crippen LogP contribution >= 0.6 is 23.2 Å². The average Bonchev–Trinajstić information content (AvgIpc) is 3.71. The van der Waals surface area contributed by atoms with Crippen LogP contribution in [0.15, 0.2) is 97.6 Å². The normalized spacial score (nSPS) is 18.0. The summed E-state index contributed by atoms with van der Waals surface area (Å²) in [5.41, 5.74) is 2.40. The fourth-order valence-corrected chi connectivity index (χ4v) is 5.83. The highest BCUT2D eigenvalue weighted by Crippen LogP contribution is 2.40. The topological polar surface area (TPSA) is 87.1 Å². The van der Waals surface area contributed by atoms with Gasteiger partial charge in [-0.1, -0.05) is 83.9 Å². The second-order valence-electron chi connectivity index (χ2n) is 12.6. The number of imidazole rings is 1. The molecule has 0 spiro atoms. The van der Waals surface area contributed by atoms with E-state index in [1.165, 1.54) is 0 Å². The van der Waals surface area contributed by atoms with Crippen LogP contribution in [0.25, 0.3) is 6.08 Å². The van der Waals surface area contributed by atoms with Crippen molar-refractivity contribution in [1.29, 1.82) is 0 Å². The van der Waals surface area contributed by atoms with Gasteiger partial charge in [-0.15, -0.1) is 0 Å². The molecule has 1 amide bonds. The average molecular weight is 694 g/mol. The fourth-order valence-electron chi connectivity index (χ4n) is 5.28. The minimum Gasteiger partial charge on any atom is -0.491 e. The third-order valence-corrected chi connectivity index (χ3v) is 8.03. The molecule has 254 valence electrons. The lowest BCUT2D eigenvalue weighted by atomic mass is 10.1. The van der Waals surface area contributed by atoms with Crippen LogP contribution in [0, 0.1) is 0 Å². The second kappa shape index (κ2) is 16.5. The molecule has 3 aromatic carbocycles. The zero-order chi connectivity index (χ0) is 34.0. The minimum absolute atomic E-state index is 0.295. The molecule has 0 aliphatic carbocycles. The van der Waals surface area contributed by atoms with Gasteiger partial charge in [0.15, 0.2) is 0 Å². The molecule has 2 atom stereocenters. The summed E-state index contributed by atoms with van der Waals surface area (Å²) in [6.07, 6.45) is 8.75. The third-order valence-electron chi connectivity index (χ3n) is 7.49. The Morgan fingerprint density at radius 2 is 1.92 bits per heavy atom. The first-order chi connectivity index (χ1) is 23.1. The van der Waals surface area contributed by atoms with Crippen molar-refractivity contribution in [1.82, 2.24) is 19.8 Å². The van der Waals surface area contributed by atoms with Gasteiger partial charge in [-0.05, 0) is 56.2 Å². The molecular weight excluding hydrogens is 651 g/mol. The Morgan fingerprint density at radius 3 is 2.62 bits per heavy atom. The molecule has 0 radical (unpaired) electrons. The van der Waals surface area contributed by atoms with Crippen LogP contribution in [-0.2, 0) is 33.1 Å². The number of nitrogens with zero attached hydrogens (tertiary/aromatic N) is 3. The largest absolute Gasteiger partial charge is 0.491 e. The Morgan fingerprint density at radius 1 is 1.12 bits per heavy atom. The molecule has 11 heteroatoms. The van der Waals surface area contributed by atoms with Crippen molar-refractivity contribution in [2.75, 3.05) is 32.8 Å². The summed E-state index contributed by atoms with van der Waals surface area (Å²) >= 11 is 12.8. The third kappa shape index (κ3) is 10.6. The summed E-state index contributed by atoms with van der Waals surface area (Å²) in [5, 5.41) is 3.86. The van der Waals surface area contributed by atoms with Crippen molar-refractivity contribution in [3.8, 4) is 5.75 Å². The molecule has 1 aliphatic heterocycles. The predicted molar refractivity (Wildman–Crippen MR) is 188 cm³/mol. The van der Waals surface area contributed by atoms with E-state index in [2.05, 4.69) is 39.5 Å². The van der Waals surface area contributed by atoms with Crippen LogP contribution in [-0.4, -0.2) is 65.1 Å². The van der Waals surface area contributed by atoms with Gasteiger partial charge in [0.2, 0.25) is 5.79 Å². The Bertz CT molecular complexity index is 1630. The fraction of sp³-hybridized carbons (Fsp3) is 0.351. The van der Waals surface area contributed by atoms with Crippen LogP contribution < -0.4 is 10.1 Å². The molecule has 1 N–H and O–H groups in total. The van der Waals surface area contributed by atoms with E-state index >= 15 is 0 Å². The Hall–Kier alpha value is -3.86. The first-order valence-electron chi connectivity index (χ1n) is 15.9. The van der Waals surface area contributed by atoms with E-state index in [-0.39, 0.29) is 6.10 Å². The van der Waals surface area contributed by atoms with Gasteiger partial charge in [-0.25, -0.2) is 9.78 Å². The van der Waals surface area contributed by atoms with Gasteiger partial charge >= 0.3 is 6.09 Å². The number of aromatic nitrogens is 2. The number of ether oxygens (including phenoxy) is 4. The first kappa shape index (κ1) is 35.4. The van der Waals surface area contributed by atoms with Crippen molar-refractivity contribution in [3.63, 3.8) is 0 Å². The molecule has 0 bridgehead atoms. The zero-order valence-corrected chi connectivity index (χ0v) is 29.0. The SMILES string of the molecule is CC(C)(C)OC(=O)NCCN(C/C=C/c1ccccc1)Cc1ccc(OC[C@@H]2CO[C@@](Cn3ccnc3)(c3ccc(Cl)cc3Cl)O2)cc1. The van der Waals surface area contributed by atoms with Crippen molar-refractivity contribution in [3.05, 3.63) is 124 Å². The number of carbonyl (C=O) groups excluding carboxylic acids is 1. The molecule has 4 aromatic rings. The molecule has 1 fully saturated rings. The second-order valence-corrected chi connectivity index (χ2v) is 13.4. The van der Waals surface area contributed by atoms with E-state index in [1.807, 2.05) is 80.1 Å². The lowest BCUT2D eigenvalue weighted by molar-refractivity contribution is -0.189. The summed E-state index contributed by atoms with van der Waals surface area (Å²) in [6.45, 7) is 9.04. The number of amides is 1. The van der Waals surface area contributed by atoms with Crippen molar-refractivity contribution in [2.24, 2.45) is 0 Å². The number of nitrogens with one attached hydrogen (secondary N) is 1. The number of rotatable bonds is 14. The molecule has 1 aliphatic rings. The van der Waals surface area contributed by atoms with Crippen LogP contribution in [0.3, 0.4) is 0 Å². The molecule has 2 heterocycles. The maximum absolute atomic E-state index is 12.2. The minimum atomic E-state index is -1.11. The Kier molecular flexibility index (Phi) is 12.2.